The first-order chi connectivity index (χ1) is 11.5. The molecule has 24 heavy (non-hydrogen) atoms. The average molecular weight is 323 g/mol. The lowest BCUT2D eigenvalue weighted by atomic mass is 10.1. The van der Waals surface area contributed by atoms with Crippen LogP contribution in [0, 0.1) is 18.3 Å². The zero-order chi connectivity index (χ0) is 17.5. The molecule has 5 nitrogen and oxygen atoms in total. The third kappa shape index (κ3) is 4.83. The molecule has 0 aliphatic rings. The van der Waals surface area contributed by atoms with Crippen molar-refractivity contribution in [2.24, 2.45) is 0 Å². The van der Waals surface area contributed by atoms with Crippen LogP contribution in [0.3, 0.4) is 0 Å². The van der Waals surface area contributed by atoms with Crippen molar-refractivity contribution in [1.82, 2.24) is 10.2 Å². The van der Waals surface area contributed by atoms with Gasteiger partial charge in [-0.25, -0.2) is 0 Å². The Kier molecular flexibility index (Phi) is 5.94. The fourth-order valence-corrected chi connectivity index (χ4v) is 2.08. The highest BCUT2D eigenvalue weighted by atomic mass is 16.3. The Balaban J connectivity index is 2.10. The molecule has 0 radical (unpaired) electrons. The minimum Gasteiger partial charge on any atom is -0.457 e. The van der Waals surface area contributed by atoms with E-state index in [1.165, 1.54) is 11.6 Å². The molecule has 1 heterocycles. The smallest absolute Gasteiger partial charge is 0.262 e. The first kappa shape index (κ1) is 17.5. The van der Waals surface area contributed by atoms with Crippen LogP contribution in [0.2, 0.25) is 0 Å². The first-order valence-corrected chi connectivity index (χ1v) is 7.71. The second-order valence-corrected chi connectivity index (χ2v) is 5.80. The van der Waals surface area contributed by atoms with Crippen LogP contribution in [0.5, 0.6) is 0 Å². The van der Waals surface area contributed by atoms with Gasteiger partial charge in [0.05, 0.1) is 0 Å². The molecule has 1 aromatic carbocycles. The maximum Gasteiger partial charge on any atom is 0.262 e. The van der Waals surface area contributed by atoms with Crippen LogP contribution in [0.1, 0.15) is 11.3 Å². The Morgan fingerprint density at radius 3 is 2.58 bits per heavy atom. The topological polar surface area (TPSA) is 69.3 Å². The van der Waals surface area contributed by atoms with E-state index in [0.717, 1.165) is 5.56 Å². The lowest BCUT2D eigenvalue weighted by Crippen LogP contribution is -2.31. The molecule has 1 N–H and O–H groups in total. The van der Waals surface area contributed by atoms with Gasteiger partial charge in [-0.05, 0) is 33.2 Å². The van der Waals surface area contributed by atoms with E-state index in [-0.39, 0.29) is 5.57 Å². The number of hydrogen-bond donors (Lipinski definition) is 1. The Labute approximate surface area is 142 Å². The molecule has 0 saturated carbocycles. The highest BCUT2D eigenvalue weighted by molar-refractivity contribution is 6.01. The Morgan fingerprint density at radius 2 is 1.96 bits per heavy atom. The van der Waals surface area contributed by atoms with Crippen molar-refractivity contribution in [3.05, 3.63) is 53.3 Å². The predicted octanol–water partition coefficient (Wildman–Crippen LogP) is 2.84. The third-order valence-electron chi connectivity index (χ3n) is 3.46. The van der Waals surface area contributed by atoms with Gasteiger partial charge in [-0.3, -0.25) is 4.79 Å². The van der Waals surface area contributed by atoms with E-state index < -0.39 is 5.91 Å². The van der Waals surface area contributed by atoms with Crippen LogP contribution in [0.15, 0.2) is 46.4 Å². The van der Waals surface area contributed by atoms with Gasteiger partial charge in [0.1, 0.15) is 23.2 Å². The minimum absolute atomic E-state index is 0.0264. The molecule has 2 rings (SSSR count). The fraction of sp³-hybridized carbons (Fsp3) is 0.263. The summed E-state index contributed by atoms with van der Waals surface area (Å²) >= 11 is 0. The van der Waals surface area contributed by atoms with E-state index in [0.29, 0.717) is 24.6 Å². The molecule has 5 heteroatoms. The maximum absolute atomic E-state index is 12.0. The van der Waals surface area contributed by atoms with Crippen molar-refractivity contribution < 1.29 is 9.21 Å². The number of nitrogens with zero attached hydrogens (tertiary/aromatic N) is 2. The second kappa shape index (κ2) is 8.14. The summed E-state index contributed by atoms with van der Waals surface area (Å²) in [7, 11) is 3.84. The maximum atomic E-state index is 12.0. The molecule has 0 saturated heterocycles. The summed E-state index contributed by atoms with van der Waals surface area (Å²) in [5, 5.41) is 11.9. The number of nitrogens with one attached hydrogen (secondary N) is 1. The van der Waals surface area contributed by atoms with Gasteiger partial charge in [0.25, 0.3) is 5.91 Å². The lowest BCUT2D eigenvalue weighted by Gasteiger charge is -2.09. The molecule has 2 aromatic rings. The van der Waals surface area contributed by atoms with E-state index in [2.05, 4.69) is 5.32 Å². The van der Waals surface area contributed by atoms with Crippen molar-refractivity contribution in [3.8, 4) is 17.4 Å². The number of benzene rings is 1. The number of aryl methyl sites for hydroxylation is 1. The van der Waals surface area contributed by atoms with Gasteiger partial charge < -0.3 is 14.6 Å². The van der Waals surface area contributed by atoms with Crippen LogP contribution in [0.25, 0.3) is 17.4 Å². The summed E-state index contributed by atoms with van der Waals surface area (Å²) < 4.78 is 5.72. The lowest BCUT2D eigenvalue weighted by molar-refractivity contribution is -0.117. The monoisotopic (exact) mass is 323 g/mol. The van der Waals surface area contributed by atoms with E-state index in [1.54, 1.807) is 6.07 Å². The summed E-state index contributed by atoms with van der Waals surface area (Å²) in [6.07, 6.45) is 1.46. The quantitative estimate of drug-likeness (QED) is 0.655. The normalized spacial score (nSPS) is 11.4. The molecular formula is C19H21N3O2. The average Bonchev–Trinajstić information content (AvgIpc) is 3.01. The Hall–Kier alpha value is -2.84. The fourth-order valence-electron chi connectivity index (χ4n) is 2.08. The highest BCUT2D eigenvalue weighted by Crippen LogP contribution is 2.23. The minimum atomic E-state index is -0.396. The molecule has 0 unspecified atom stereocenters. The second-order valence-electron chi connectivity index (χ2n) is 5.80. The summed E-state index contributed by atoms with van der Waals surface area (Å²) in [5.41, 5.74) is 2.15. The highest BCUT2D eigenvalue weighted by Gasteiger charge is 2.10. The predicted molar refractivity (Wildman–Crippen MR) is 94.0 cm³/mol. The summed E-state index contributed by atoms with van der Waals surface area (Å²) in [5.74, 6) is 0.782. The number of nitriles is 1. The number of furan rings is 1. The molecule has 0 fully saturated rings. The number of carbonyl (C=O) groups excluding carboxylic acids is 1. The first-order valence-electron chi connectivity index (χ1n) is 7.71. The molecular weight excluding hydrogens is 302 g/mol. The van der Waals surface area contributed by atoms with E-state index in [9.17, 15) is 10.1 Å². The summed E-state index contributed by atoms with van der Waals surface area (Å²) in [6.45, 7) is 3.22. The van der Waals surface area contributed by atoms with Crippen LogP contribution in [0.4, 0.5) is 0 Å². The van der Waals surface area contributed by atoms with Crippen molar-refractivity contribution in [2.75, 3.05) is 27.2 Å². The molecule has 0 atom stereocenters. The van der Waals surface area contributed by atoms with Crippen LogP contribution < -0.4 is 5.32 Å². The SMILES string of the molecule is Cc1ccc(-c2ccc(/C=C(/C#N)C(=O)NCCN(C)C)o2)cc1. The van der Waals surface area contributed by atoms with Crippen molar-refractivity contribution in [1.29, 1.82) is 5.26 Å². The molecule has 1 aromatic heterocycles. The van der Waals surface area contributed by atoms with Crippen LogP contribution in [-0.2, 0) is 4.79 Å². The van der Waals surface area contributed by atoms with E-state index >= 15 is 0 Å². The van der Waals surface area contributed by atoms with Crippen molar-refractivity contribution in [2.45, 2.75) is 6.92 Å². The standard InChI is InChI=1S/C19H21N3O2/c1-14-4-6-15(7-5-14)18-9-8-17(24-18)12-16(13-20)19(23)21-10-11-22(2)3/h4-9,12H,10-11H2,1-3H3,(H,21,23)/b16-12-. The van der Waals surface area contributed by atoms with Gasteiger partial charge in [-0.2, -0.15) is 5.26 Å². The molecule has 0 bridgehead atoms. The number of amides is 1. The third-order valence-corrected chi connectivity index (χ3v) is 3.46. The number of carbonyl (C=O) groups is 1. The summed E-state index contributed by atoms with van der Waals surface area (Å²) in [4.78, 5) is 14.0. The van der Waals surface area contributed by atoms with Crippen molar-refractivity contribution >= 4 is 12.0 Å². The van der Waals surface area contributed by atoms with Crippen LogP contribution >= 0.6 is 0 Å². The Morgan fingerprint density at radius 1 is 1.25 bits per heavy atom. The number of likely N-dealkylation sites (N-methyl/N-ethyl adjacent to an activating group) is 1. The van der Waals surface area contributed by atoms with Crippen LogP contribution in [-0.4, -0.2) is 38.0 Å². The van der Waals surface area contributed by atoms with E-state index in [1.807, 2.05) is 62.3 Å². The van der Waals surface area contributed by atoms with Gasteiger partial charge in [-0.1, -0.05) is 29.8 Å². The van der Waals surface area contributed by atoms with Gasteiger partial charge >= 0.3 is 0 Å². The zero-order valence-electron chi connectivity index (χ0n) is 14.2. The molecule has 1 amide bonds. The van der Waals surface area contributed by atoms with Gasteiger partial charge in [0, 0.05) is 24.7 Å². The molecule has 0 aliphatic heterocycles. The van der Waals surface area contributed by atoms with Gasteiger partial charge in [0.2, 0.25) is 0 Å². The zero-order valence-corrected chi connectivity index (χ0v) is 14.2. The largest absolute Gasteiger partial charge is 0.457 e. The number of hydrogen-bond acceptors (Lipinski definition) is 4. The Bertz CT molecular complexity index is 765. The van der Waals surface area contributed by atoms with Gasteiger partial charge in [0.15, 0.2) is 0 Å². The molecule has 124 valence electrons. The van der Waals surface area contributed by atoms with Gasteiger partial charge in [-0.15, -0.1) is 0 Å². The molecule has 0 spiro atoms. The summed E-state index contributed by atoms with van der Waals surface area (Å²) in [6, 6.07) is 13.5. The number of rotatable bonds is 6. The molecule has 0 aliphatic carbocycles. The van der Waals surface area contributed by atoms with Crippen molar-refractivity contribution in [3.63, 3.8) is 0 Å². The van der Waals surface area contributed by atoms with E-state index in [4.69, 9.17) is 4.42 Å².